The molecule has 108 valence electrons. The van der Waals surface area contributed by atoms with Crippen LogP contribution in [0.25, 0.3) is 0 Å². The fraction of sp³-hybridized carbons (Fsp3) is 0.385. The number of carboxylic acids is 2. The van der Waals surface area contributed by atoms with E-state index in [2.05, 4.69) is 0 Å². The molecule has 0 amide bonds. The molecule has 20 heavy (non-hydrogen) atoms. The predicted molar refractivity (Wildman–Crippen MR) is 67.0 cm³/mol. The summed E-state index contributed by atoms with van der Waals surface area (Å²) in [6, 6.07) is 6.71. The Morgan fingerprint density at radius 3 is 2.50 bits per heavy atom. The number of carbonyl (C=O) groups is 2. The summed E-state index contributed by atoms with van der Waals surface area (Å²) < 4.78 is 5.28. The Morgan fingerprint density at radius 2 is 1.90 bits per heavy atom. The quantitative estimate of drug-likeness (QED) is 0.573. The highest BCUT2D eigenvalue weighted by molar-refractivity contribution is 5.83. The van der Waals surface area contributed by atoms with Gasteiger partial charge in [-0.2, -0.15) is 0 Å². The standard InChI is InChI=1S/C13H15NO6/c14-8-5-6-3-1-2-4-7(6)10(8)20-11(13(18)19)9(15)12(16)17/h1-4,8-11,15H,5,14H2,(H,16,17)(H,18,19)/t8-,9?,10+,11?/m0/s1. The molecule has 0 aliphatic heterocycles. The number of hydrogen-bond acceptors (Lipinski definition) is 5. The lowest BCUT2D eigenvalue weighted by molar-refractivity contribution is -0.177. The molecule has 0 aromatic heterocycles. The molecule has 0 saturated carbocycles. The zero-order valence-corrected chi connectivity index (χ0v) is 10.5. The van der Waals surface area contributed by atoms with Gasteiger partial charge < -0.3 is 25.8 Å². The van der Waals surface area contributed by atoms with Gasteiger partial charge in [0.05, 0.1) is 6.10 Å². The van der Waals surface area contributed by atoms with E-state index in [1.165, 1.54) is 0 Å². The van der Waals surface area contributed by atoms with Crippen molar-refractivity contribution in [3.63, 3.8) is 0 Å². The zero-order chi connectivity index (χ0) is 14.9. The average Bonchev–Trinajstić information content (AvgIpc) is 2.70. The minimum atomic E-state index is -2.15. The van der Waals surface area contributed by atoms with E-state index >= 15 is 0 Å². The third kappa shape index (κ3) is 2.64. The van der Waals surface area contributed by atoms with Crippen LogP contribution < -0.4 is 5.73 Å². The van der Waals surface area contributed by atoms with Gasteiger partial charge in [0.2, 0.25) is 0 Å². The number of aliphatic carboxylic acids is 2. The van der Waals surface area contributed by atoms with Gasteiger partial charge in [-0.3, -0.25) is 0 Å². The summed E-state index contributed by atoms with van der Waals surface area (Å²) in [7, 11) is 0. The molecule has 0 saturated heterocycles. The monoisotopic (exact) mass is 281 g/mol. The average molecular weight is 281 g/mol. The van der Waals surface area contributed by atoms with Gasteiger partial charge >= 0.3 is 11.9 Å². The van der Waals surface area contributed by atoms with Gasteiger partial charge in [0.25, 0.3) is 0 Å². The first kappa shape index (κ1) is 14.4. The molecule has 0 fully saturated rings. The van der Waals surface area contributed by atoms with E-state index in [9.17, 15) is 14.7 Å². The second-order valence-electron chi connectivity index (χ2n) is 4.67. The van der Waals surface area contributed by atoms with Crippen LogP contribution in [0.3, 0.4) is 0 Å². The van der Waals surface area contributed by atoms with Crippen LogP contribution in [0.4, 0.5) is 0 Å². The number of nitrogens with two attached hydrogens (primary N) is 1. The first-order valence-electron chi connectivity index (χ1n) is 6.04. The molecule has 1 aliphatic rings. The van der Waals surface area contributed by atoms with Crippen molar-refractivity contribution in [3.8, 4) is 0 Å². The summed E-state index contributed by atoms with van der Waals surface area (Å²) in [5, 5.41) is 27.1. The molecule has 0 bridgehead atoms. The maximum Gasteiger partial charge on any atom is 0.336 e. The van der Waals surface area contributed by atoms with Crippen LogP contribution in [0.5, 0.6) is 0 Å². The van der Waals surface area contributed by atoms with Crippen molar-refractivity contribution >= 4 is 11.9 Å². The highest BCUT2D eigenvalue weighted by Crippen LogP contribution is 2.34. The van der Waals surface area contributed by atoms with E-state index < -0.39 is 36.3 Å². The largest absolute Gasteiger partial charge is 0.479 e. The number of benzene rings is 1. The lowest BCUT2D eigenvalue weighted by Gasteiger charge is -2.24. The van der Waals surface area contributed by atoms with Crippen molar-refractivity contribution in [1.82, 2.24) is 0 Å². The maximum absolute atomic E-state index is 11.1. The van der Waals surface area contributed by atoms with Crippen molar-refractivity contribution in [2.75, 3.05) is 0 Å². The Kier molecular flexibility index (Phi) is 4.03. The summed E-state index contributed by atoms with van der Waals surface area (Å²) in [5.41, 5.74) is 7.56. The minimum Gasteiger partial charge on any atom is -0.479 e. The molecular weight excluding hydrogens is 266 g/mol. The Morgan fingerprint density at radius 1 is 1.25 bits per heavy atom. The van der Waals surface area contributed by atoms with Gasteiger partial charge in [-0.25, -0.2) is 9.59 Å². The molecule has 1 aromatic rings. The number of aliphatic hydroxyl groups is 1. The van der Waals surface area contributed by atoms with E-state index in [0.29, 0.717) is 6.42 Å². The number of rotatable bonds is 5. The lowest BCUT2D eigenvalue weighted by Crippen LogP contribution is -2.44. The van der Waals surface area contributed by atoms with Crippen LogP contribution in [-0.4, -0.2) is 45.5 Å². The molecule has 0 radical (unpaired) electrons. The van der Waals surface area contributed by atoms with Gasteiger partial charge in [0, 0.05) is 6.04 Å². The summed E-state index contributed by atoms with van der Waals surface area (Å²) >= 11 is 0. The number of fused-ring (bicyclic) bond motifs is 1. The number of ether oxygens (including phenoxy) is 1. The highest BCUT2D eigenvalue weighted by atomic mass is 16.5. The van der Waals surface area contributed by atoms with Crippen LogP contribution in [-0.2, 0) is 20.7 Å². The molecule has 2 unspecified atom stereocenters. The molecule has 1 aromatic carbocycles. The summed E-state index contributed by atoms with van der Waals surface area (Å²) in [5.74, 6) is -3.20. The van der Waals surface area contributed by atoms with E-state index in [1.54, 1.807) is 12.1 Å². The van der Waals surface area contributed by atoms with Gasteiger partial charge in [0.1, 0.15) is 0 Å². The summed E-state index contributed by atoms with van der Waals surface area (Å²) in [6.45, 7) is 0. The van der Waals surface area contributed by atoms with E-state index in [4.69, 9.17) is 20.7 Å². The van der Waals surface area contributed by atoms with Crippen LogP contribution >= 0.6 is 0 Å². The molecule has 4 atom stereocenters. The SMILES string of the molecule is N[C@H]1Cc2ccccc2[C@H]1OC(C(=O)O)C(O)C(=O)O. The minimum absolute atomic E-state index is 0.477. The highest BCUT2D eigenvalue weighted by Gasteiger charge is 2.39. The van der Waals surface area contributed by atoms with Crippen molar-refractivity contribution < 1.29 is 29.6 Å². The first-order chi connectivity index (χ1) is 9.41. The smallest absolute Gasteiger partial charge is 0.336 e. The molecule has 0 heterocycles. The number of carboxylic acid groups (broad SMARTS) is 2. The van der Waals surface area contributed by atoms with Crippen molar-refractivity contribution in [1.29, 1.82) is 0 Å². The van der Waals surface area contributed by atoms with Gasteiger partial charge in [-0.05, 0) is 17.5 Å². The number of hydrogen-bond donors (Lipinski definition) is 4. The third-order valence-corrected chi connectivity index (χ3v) is 3.28. The van der Waals surface area contributed by atoms with Crippen molar-refractivity contribution in [2.45, 2.75) is 30.8 Å². The lowest BCUT2D eigenvalue weighted by atomic mass is 10.1. The van der Waals surface area contributed by atoms with Crippen molar-refractivity contribution in [3.05, 3.63) is 35.4 Å². The second kappa shape index (κ2) is 5.58. The van der Waals surface area contributed by atoms with E-state index in [-0.39, 0.29) is 0 Å². The maximum atomic E-state index is 11.1. The number of aliphatic hydroxyl groups excluding tert-OH is 1. The fourth-order valence-electron chi connectivity index (χ4n) is 2.32. The molecule has 0 spiro atoms. The molecule has 7 heteroatoms. The van der Waals surface area contributed by atoms with E-state index in [0.717, 1.165) is 11.1 Å². The topological polar surface area (TPSA) is 130 Å². The Bertz CT molecular complexity index is 531. The van der Waals surface area contributed by atoms with Gasteiger partial charge in [-0.15, -0.1) is 0 Å². The Hall–Kier alpha value is -1.96. The third-order valence-electron chi connectivity index (χ3n) is 3.28. The van der Waals surface area contributed by atoms with E-state index in [1.807, 2.05) is 12.1 Å². The normalized spacial score (nSPS) is 23.9. The molecule has 1 aliphatic carbocycles. The zero-order valence-electron chi connectivity index (χ0n) is 10.5. The van der Waals surface area contributed by atoms with Crippen LogP contribution in [0, 0.1) is 0 Å². The predicted octanol–water partition coefficient (Wildman–Crippen LogP) is -0.474. The van der Waals surface area contributed by atoms with Crippen LogP contribution in [0.15, 0.2) is 24.3 Å². The first-order valence-corrected chi connectivity index (χ1v) is 6.04. The molecular formula is C13H15NO6. The fourth-order valence-corrected chi connectivity index (χ4v) is 2.32. The van der Waals surface area contributed by atoms with Crippen LogP contribution in [0.1, 0.15) is 17.2 Å². The molecule has 5 N–H and O–H groups in total. The van der Waals surface area contributed by atoms with Crippen LogP contribution in [0.2, 0.25) is 0 Å². The van der Waals surface area contributed by atoms with Crippen molar-refractivity contribution in [2.24, 2.45) is 5.73 Å². The Labute approximate surface area is 114 Å². The Balaban J connectivity index is 2.23. The molecule has 7 nitrogen and oxygen atoms in total. The second-order valence-corrected chi connectivity index (χ2v) is 4.67. The molecule has 2 rings (SSSR count). The van der Waals surface area contributed by atoms with Gasteiger partial charge in [-0.1, -0.05) is 24.3 Å². The summed E-state index contributed by atoms with van der Waals surface area (Å²) in [4.78, 5) is 21.8. The van der Waals surface area contributed by atoms with Gasteiger partial charge in [0.15, 0.2) is 12.2 Å². The summed E-state index contributed by atoms with van der Waals surface area (Å²) in [6.07, 6.45) is -4.25.